The number of benzene rings is 1. The molecule has 1 heterocycles. The number of nitro groups is 1. The highest BCUT2D eigenvalue weighted by molar-refractivity contribution is 5.98. The van der Waals surface area contributed by atoms with Gasteiger partial charge in [-0.15, -0.1) is 0 Å². The number of anilines is 1. The fourth-order valence-electron chi connectivity index (χ4n) is 1.92. The van der Waals surface area contributed by atoms with E-state index in [2.05, 4.69) is 9.72 Å². The first-order chi connectivity index (χ1) is 10.3. The number of hydrogen-bond donors (Lipinski definition) is 1. The molecule has 1 aromatic heterocycles. The standard InChI is InChI=1S/C13H9F2N3O4/c1-22-13(19)8-2-6(3-10(16)12(8)18(20)21)7-4-11(15)17-5-9(7)14/h2-5H,16H2,1H3. The van der Waals surface area contributed by atoms with Gasteiger partial charge in [0.1, 0.15) is 17.1 Å². The predicted octanol–water partition coefficient (Wildman–Crippen LogP) is 2.30. The minimum absolute atomic E-state index is 0.0118. The molecule has 9 heteroatoms. The fraction of sp³-hybridized carbons (Fsp3) is 0.0769. The molecule has 22 heavy (non-hydrogen) atoms. The molecule has 2 aromatic rings. The first-order valence-corrected chi connectivity index (χ1v) is 5.82. The average Bonchev–Trinajstić information content (AvgIpc) is 2.47. The zero-order valence-electron chi connectivity index (χ0n) is 11.2. The Bertz CT molecular complexity index is 780. The fourth-order valence-corrected chi connectivity index (χ4v) is 1.92. The molecular formula is C13H9F2N3O4. The second-order valence-electron chi connectivity index (χ2n) is 4.20. The number of hydrogen-bond acceptors (Lipinski definition) is 6. The number of carbonyl (C=O) groups excluding carboxylic acids is 1. The van der Waals surface area contributed by atoms with E-state index in [0.717, 1.165) is 25.3 Å². The van der Waals surface area contributed by atoms with Gasteiger partial charge in [0.2, 0.25) is 5.95 Å². The molecule has 1 aromatic carbocycles. The van der Waals surface area contributed by atoms with Gasteiger partial charge in [0.05, 0.1) is 18.2 Å². The van der Waals surface area contributed by atoms with Crippen molar-refractivity contribution in [3.05, 3.63) is 51.8 Å². The second-order valence-corrected chi connectivity index (χ2v) is 4.20. The highest BCUT2D eigenvalue weighted by atomic mass is 19.1. The van der Waals surface area contributed by atoms with Crippen LogP contribution in [0.2, 0.25) is 0 Å². The number of ether oxygens (including phenoxy) is 1. The lowest BCUT2D eigenvalue weighted by molar-refractivity contribution is -0.384. The van der Waals surface area contributed by atoms with Crippen LogP contribution in [0, 0.1) is 21.9 Å². The normalized spacial score (nSPS) is 10.3. The third-order valence-corrected chi connectivity index (χ3v) is 2.86. The maximum absolute atomic E-state index is 13.7. The van der Waals surface area contributed by atoms with Crippen molar-refractivity contribution in [1.29, 1.82) is 0 Å². The molecule has 0 bridgehead atoms. The molecule has 0 aliphatic rings. The molecule has 0 atom stereocenters. The lowest BCUT2D eigenvalue weighted by Crippen LogP contribution is -2.08. The zero-order chi connectivity index (χ0) is 16.4. The number of methoxy groups -OCH3 is 1. The van der Waals surface area contributed by atoms with Gasteiger partial charge in [-0.2, -0.15) is 4.39 Å². The average molecular weight is 309 g/mol. The Morgan fingerprint density at radius 1 is 1.36 bits per heavy atom. The van der Waals surface area contributed by atoms with Crippen molar-refractivity contribution in [2.24, 2.45) is 0 Å². The van der Waals surface area contributed by atoms with Gasteiger partial charge in [-0.25, -0.2) is 14.2 Å². The Morgan fingerprint density at radius 3 is 2.64 bits per heavy atom. The van der Waals surface area contributed by atoms with Crippen LogP contribution in [-0.4, -0.2) is 23.0 Å². The number of rotatable bonds is 3. The Labute approximate surface area is 122 Å². The summed E-state index contributed by atoms with van der Waals surface area (Å²) in [5.74, 6) is -2.84. The monoisotopic (exact) mass is 309 g/mol. The summed E-state index contributed by atoms with van der Waals surface area (Å²) < 4.78 is 31.3. The van der Waals surface area contributed by atoms with E-state index < -0.39 is 33.9 Å². The molecule has 0 fully saturated rings. The van der Waals surface area contributed by atoms with Crippen LogP contribution in [0.3, 0.4) is 0 Å². The van der Waals surface area contributed by atoms with E-state index in [0.29, 0.717) is 6.20 Å². The van der Waals surface area contributed by atoms with Crippen LogP contribution in [0.15, 0.2) is 24.4 Å². The summed E-state index contributed by atoms with van der Waals surface area (Å²) in [6.45, 7) is 0. The number of aromatic nitrogens is 1. The van der Waals surface area contributed by atoms with Gasteiger partial charge in [-0.1, -0.05) is 0 Å². The van der Waals surface area contributed by atoms with Gasteiger partial charge in [-0.05, 0) is 17.7 Å². The van der Waals surface area contributed by atoms with Gasteiger partial charge in [0.25, 0.3) is 0 Å². The van der Waals surface area contributed by atoms with Crippen LogP contribution < -0.4 is 5.73 Å². The number of nitro benzene ring substituents is 1. The molecule has 0 spiro atoms. The largest absolute Gasteiger partial charge is 0.465 e. The number of halogens is 2. The molecule has 114 valence electrons. The molecule has 0 saturated carbocycles. The summed E-state index contributed by atoms with van der Waals surface area (Å²) in [4.78, 5) is 25.0. The first kappa shape index (κ1) is 15.3. The lowest BCUT2D eigenvalue weighted by atomic mass is 10.0. The number of nitrogens with zero attached hydrogens (tertiary/aromatic N) is 2. The summed E-state index contributed by atoms with van der Waals surface area (Å²) in [7, 11) is 1.03. The van der Waals surface area contributed by atoms with Crippen molar-refractivity contribution in [3.63, 3.8) is 0 Å². The summed E-state index contributed by atoms with van der Waals surface area (Å²) in [6, 6.07) is 2.87. The van der Waals surface area contributed by atoms with Crippen molar-refractivity contribution in [2.75, 3.05) is 12.8 Å². The Hall–Kier alpha value is -3.10. The van der Waals surface area contributed by atoms with Crippen molar-refractivity contribution in [2.45, 2.75) is 0 Å². The van der Waals surface area contributed by atoms with E-state index in [9.17, 15) is 23.7 Å². The minimum Gasteiger partial charge on any atom is -0.465 e. The van der Waals surface area contributed by atoms with Crippen LogP contribution in [0.25, 0.3) is 11.1 Å². The third kappa shape index (κ3) is 2.68. The minimum atomic E-state index is -1.02. The molecule has 2 rings (SSSR count). The first-order valence-electron chi connectivity index (χ1n) is 5.82. The molecule has 0 saturated heterocycles. The molecular weight excluding hydrogens is 300 g/mol. The number of nitrogen functional groups attached to an aromatic ring is 1. The Morgan fingerprint density at radius 2 is 2.05 bits per heavy atom. The highest BCUT2D eigenvalue weighted by Crippen LogP contribution is 2.34. The van der Waals surface area contributed by atoms with Crippen LogP contribution >= 0.6 is 0 Å². The van der Waals surface area contributed by atoms with Gasteiger partial charge < -0.3 is 10.5 Å². The molecule has 0 unspecified atom stereocenters. The SMILES string of the molecule is COC(=O)c1cc(-c2cc(F)ncc2F)cc(N)c1[N+](=O)[O-]. The Kier molecular flexibility index (Phi) is 3.97. The maximum Gasteiger partial charge on any atom is 0.344 e. The third-order valence-electron chi connectivity index (χ3n) is 2.86. The van der Waals surface area contributed by atoms with Gasteiger partial charge >= 0.3 is 11.7 Å². The molecule has 2 N–H and O–H groups in total. The van der Waals surface area contributed by atoms with Gasteiger partial charge in [0.15, 0.2) is 0 Å². The molecule has 0 radical (unpaired) electrons. The summed E-state index contributed by atoms with van der Waals surface area (Å²) >= 11 is 0. The van der Waals surface area contributed by atoms with Crippen LogP contribution in [0.1, 0.15) is 10.4 Å². The molecule has 0 aliphatic heterocycles. The van der Waals surface area contributed by atoms with Crippen LogP contribution in [0.5, 0.6) is 0 Å². The van der Waals surface area contributed by atoms with Crippen molar-refractivity contribution in [3.8, 4) is 11.1 Å². The molecule has 0 aliphatic carbocycles. The molecule has 0 amide bonds. The van der Waals surface area contributed by atoms with E-state index in [4.69, 9.17) is 5.73 Å². The van der Waals surface area contributed by atoms with E-state index >= 15 is 0 Å². The summed E-state index contributed by atoms with van der Waals surface area (Å²) in [5, 5.41) is 11.0. The summed E-state index contributed by atoms with van der Waals surface area (Å²) in [5.41, 5.74) is 3.82. The van der Waals surface area contributed by atoms with E-state index in [1.54, 1.807) is 0 Å². The summed E-state index contributed by atoms with van der Waals surface area (Å²) in [6.07, 6.45) is 0.653. The van der Waals surface area contributed by atoms with Crippen LogP contribution in [0.4, 0.5) is 20.2 Å². The number of esters is 1. The number of pyridine rings is 1. The predicted molar refractivity (Wildman–Crippen MR) is 72.0 cm³/mol. The van der Waals surface area contributed by atoms with E-state index in [1.807, 2.05) is 0 Å². The van der Waals surface area contributed by atoms with Crippen molar-refractivity contribution in [1.82, 2.24) is 4.98 Å². The smallest absolute Gasteiger partial charge is 0.344 e. The quantitative estimate of drug-likeness (QED) is 0.306. The lowest BCUT2D eigenvalue weighted by Gasteiger charge is -2.09. The topological polar surface area (TPSA) is 108 Å². The highest BCUT2D eigenvalue weighted by Gasteiger charge is 2.26. The molecule has 7 nitrogen and oxygen atoms in total. The Balaban J connectivity index is 2.74. The second kappa shape index (κ2) is 5.72. The van der Waals surface area contributed by atoms with Crippen molar-refractivity contribution < 1.29 is 23.2 Å². The van der Waals surface area contributed by atoms with Gasteiger partial charge in [0, 0.05) is 11.6 Å². The number of nitrogens with two attached hydrogens (primary N) is 1. The maximum atomic E-state index is 13.7. The van der Waals surface area contributed by atoms with E-state index in [1.165, 1.54) is 0 Å². The number of carbonyl (C=O) groups is 1. The van der Waals surface area contributed by atoms with Crippen molar-refractivity contribution >= 4 is 17.3 Å². The van der Waals surface area contributed by atoms with Gasteiger partial charge in [-0.3, -0.25) is 10.1 Å². The zero-order valence-corrected chi connectivity index (χ0v) is 11.2. The van der Waals surface area contributed by atoms with Crippen LogP contribution in [-0.2, 0) is 4.74 Å². The van der Waals surface area contributed by atoms with E-state index in [-0.39, 0.29) is 16.8 Å².